The second-order valence-corrected chi connectivity index (χ2v) is 9.64. The summed E-state index contributed by atoms with van der Waals surface area (Å²) in [6, 6.07) is 7.82. The molecule has 3 aromatic rings. The van der Waals surface area contributed by atoms with Crippen molar-refractivity contribution >= 4 is 41.0 Å². The molecule has 1 fully saturated rings. The topological polar surface area (TPSA) is 178 Å². The number of amides is 2. The van der Waals surface area contributed by atoms with E-state index in [1.165, 1.54) is 0 Å². The summed E-state index contributed by atoms with van der Waals surface area (Å²) in [6.45, 7) is 5.21. The number of carbonyl (C=O) groups is 2. The molecule has 192 valence electrons. The first-order chi connectivity index (χ1) is 17.7. The maximum atomic E-state index is 13.5. The quantitative estimate of drug-likeness (QED) is 0.399. The molecule has 1 aromatic carbocycles. The van der Waals surface area contributed by atoms with E-state index in [4.69, 9.17) is 27.6 Å². The van der Waals surface area contributed by atoms with Crippen molar-refractivity contribution in [1.29, 1.82) is 0 Å². The second kappa shape index (κ2) is 9.36. The van der Waals surface area contributed by atoms with E-state index in [2.05, 4.69) is 30.8 Å². The van der Waals surface area contributed by atoms with Crippen molar-refractivity contribution in [2.24, 2.45) is 4.99 Å². The minimum absolute atomic E-state index is 0.0558. The predicted octanol–water partition coefficient (Wildman–Crippen LogP) is 1.93. The molecule has 6 N–H and O–H groups in total. The predicted molar refractivity (Wildman–Crippen MR) is 138 cm³/mol. The summed E-state index contributed by atoms with van der Waals surface area (Å²) in [4.78, 5) is 40.1. The zero-order chi connectivity index (χ0) is 26.3. The van der Waals surface area contributed by atoms with Gasteiger partial charge in [-0.15, -0.1) is 0 Å². The normalized spacial score (nSPS) is 16.4. The highest BCUT2D eigenvalue weighted by molar-refractivity contribution is 6.31. The van der Waals surface area contributed by atoms with Crippen molar-refractivity contribution in [3.8, 4) is 11.3 Å². The van der Waals surface area contributed by atoms with Gasteiger partial charge in [0.1, 0.15) is 17.0 Å². The number of hydrogen-bond donors (Lipinski definition) is 4. The number of aromatic nitrogens is 3. The number of nitrogens with two attached hydrogens (primary N) is 2. The summed E-state index contributed by atoms with van der Waals surface area (Å²) in [5, 5.41) is 10.0. The van der Waals surface area contributed by atoms with E-state index in [9.17, 15) is 9.59 Å². The van der Waals surface area contributed by atoms with Gasteiger partial charge in [-0.25, -0.2) is 9.97 Å². The van der Waals surface area contributed by atoms with E-state index in [-0.39, 0.29) is 33.9 Å². The van der Waals surface area contributed by atoms with Crippen molar-refractivity contribution in [3.63, 3.8) is 0 Å². The summed E-state index contributed by atoms with van der Waals surface area (Å²) >= 11 is 5.88. The molecule has 0 atom stereocenters. The largest absolute Gasteiger partial charge is 0.382 e. The number of benzene rings is 1. The third-order valence-electron chi connectivity index (χ3n) is 6.68. The number of nitrogens with one attached hydrogen (secondary N) is 2. The number of hydrogen-bond acceptors (Lipinski definition) is 10. The van der Waals surface area contributed by atoms with E-state index in [1.54, 1.807) is 11.8 Å². The Morgan fingerprint density at radius 1 is 1.11 bits per heavy atom. The van der Waals surface area contributed by atoms with Crippen LogP contribution in [0.5, 0.6) is 0 Å². The molecular formula is C24H26ClN9O3. The van der Waals surface area contributed by atoms with Crippen LogP contribution in [0.4, 0.5) is 11.6 Å². The maximum Gasteiger partial charge on any atom is 0.280 e. The molecule has 5 rings (SSSR count). The van der Waals surface area contributed by atoms with E-state index < -0.39 is 5.91 Å². The smallest absolute Gasteiger partial charge is 0.280 e. The molecule has 2 aliphatic rings. The van der Waals surface area contributed by atoms with Crippen LogP contribution in [-0.4, -0.2) is 63.0 Å². The van der Waals surface area contributed by atoms with Crippen LogP contribution in [0.15, 0.2) is 33.8 Å². The Morgan fingerprint density at radius 2 is 1.81 bits per heavy atom. The van der Waals surface area contributed by atoms with Crippen LogP contribution in [0.3, 0.4) is 0 Å². The Bertz CT molecular complexity index is 1410. The zero-order valence-electron chi connectivity index (χ0n) is 20.3. The van der Waals surface area contributed by atoms with Gasteiger partial charge in [-0.3, -0.25) is 19.9 Å². The molecule has 0 aliphatic carbocycles. The number of halogens is 1. The van der Waals surface area contributed by atoms with E-state index >= 15 is 0 Å². The van der Waals surface area contributed by atoms with Gasteiger partial charge in [0, 0.05) is 18.7 Å². The summed E-state index contributed by atoms with van der Waals surface area (Å²) in [5.41, 5.74) is 13.8. The van der Waals surface area contributed by atoms with Gasteiger partial charge < -0.3 is 26.2 Å². The van der Waals surface area contributed by atoms with Crippen LogP contribution >= 0.6 is 11.6 Å². The highest BCUT2D eigenvalue weighted by atomic mass is 35.5. The monoisotopic (exact) mass is 523 g/mol. The Hall–Kier alpha value is -4.19. The van der Waals surface area contributed by atoms with Crippen molar-refractivity contribution in [2.45, 2.75) is 32.2 Å². The van der Waals surface area contributed by atoms with Gasteiger partial charge in [0.05, 0.1) is 12.1 Å². The summed E-state index contributed by atoms with van der Waals surface area (Å²) < 4.78 is 5.39. The molecule has 0 saturated carbocycles. The third kappa shape index (κ3) is 4.67. The number of nitrogens with zero attached hydrogens (tertiary/aromatic N) is 5. The number of piperidine rings is 1. The fraction of sp³-hybridized carbons (Fsp3) is 0.333. The minimum atomic E-state index is -0.602. The molecule has 13 heteroatoms. The molecule has 1 saturated heterocycles. The summed E-state index contributed by atoms with van der Waals surface area (Å²) in [7, 11) is 0. The maximum absolute atomic E-state index is 13.5. The molecule has 0 bridgehead atoms. The number of carbonyl (C=O) groups excluding carboxylic acids is 2. The molecule has 1 spiro atoms. The highest BCUT2D eigenvalue weighted by Gasteiger charge is 2.41. The molecule has 0 radical (unpaired) electrons. The van der Waals surface area contributed by atoms with Crippen molar-refractivity contribution in [2.75, 3.05) is 31.1 Å². The second-order valence-electron chi connectivity index (χ2n) is 9.28. The van der Waals surface area contributed by atoms with E-state index in [0.29, 0.717) is 55.5 Å². The molecule has 37 heavy (non-hydrogen) atoms. The Labute approximate surface area is 217 Å². The van der Waals surface area contributed by atoms with Crippen molar-refractivity contribution in [3.05, 3.63) is 52.0 Å². The van der Waals surface area contributed by atoms with Gasteiger partial charge in [-0.1, -0.05) is 46.6 Å². The van der Waals surface area contributed by atoms with E-state index in [0.717, 1.165) is 11.1 Å². The van der Waals surface area contributed by atoms with Gasteiger partial charge in [-0.05, 0) is 26.7 Å². The first-order valence-electron chi connectivity index (χ1n) is 11.7. The molecule has 2 aromatic heterocycles. The number of aliphatic imine (C=N–C) groups is 1. The van der Waals surface area contributed by atoms with Crippen LogP contribution in [0, 0.1) is 13.8 Å². The number of anilines is 2. The van der Waals surface area contributed by atoms with Crippen molar-refractivity contribution < 1.29 is 14.1 Å². The lowest BCUT2D eigenvalue weighted by Gasteiger charge is -2.39. The number of guanidine groups is 1. The van der Waals surface area contributed by atoms with Crippen LogP contribution < -0.4 is 22.1 Å². The third-order valence-corrected chi connectivity index (χ3v) is 6.96. The van der Waals surface area contributed by atoms with Gasteiger partial charge in [0.25, 0.3) is 11.8 Å². The lowest BCUT2D eigenvalue weighted by atomic mass is 9.88. The van der Waals surface area contributed by atoms with Gasteiger partial charge in [0.15, 0.2) is 28.4 Å². The molecule has 2 aliphatic heterocycles. The lowest BCUT2D eigenvalue weighted by Crippen LogP contribution is -2.57. The summed E-state index contributed by atoms with van der Waals surface area (Å²) in [5.74, 6) is -0.123. The molecule has 2 amide bonds. The molecule has 12 nitrogen and oxygen atoms in total. The van der Waals surface area contributed by atoms with Gasteiger partial charge in [0.2, 0.25) is 0 Å². The first-order valence-corrected chi connectivity index (χ1v) is 12.1. The van der Waals surface area contributed by atoms with Crippen LogP contribution in [0.1, 0.15) is 45.0 Å². The number of nitrogen functional groups attached to an aromatic ring is 2. The zero-order valence-corrected chi connectivity index (χ0v) is 21.1. The van der Waals surface area contributed by atoms with E-state index in [1.807, 2.05) is 31.2 Å². The Kier molecular flexibility index (Phi) is 6.20. The average molecular weight is 524 g/mol. The lowest BCUT2D eigenvalue weighted by molar-refractivity contribution is 0.0667. The number of likely N-dealkylation sites (tertiary alicyclic amines) is 1. The average Bonchev–Trinajstić information content (AvgIpc) is 3.45. The standard InChI is InChI=1S/C24H26ClN9O3/c1-12-3-5-14(6-4-12)16-15(13(2)37-33-16)22(36)34-9-7-24(8-10-34)11-28-23(32-24)31-21(35)17-19(26)30-20(27)18(25)29-17/h3-6H,7-11H2,1-2H3,(H4,26,27,30)(H2,28,31,32,35). The Balaban J connectivity index is 1.22. The van der Waals surface area contributed by atoms with Crippen LogP contribution in [0.2, 0.25) is 5.15 Å². The number of aryl methyl sites for hydroxylation is 2. The molecule has 4 heterocycles. The molecule has 0 unspecified atom stereocenters. The summed E-state index contributed by atoms with van der Waals surface area (Å²) in [6.07, 6.45) is 1.28. The van der Waals surface area contributed by atoms with Gasteiger partial charge in [-0.2, -0.15) is 0 Å². The first kappa shape index (κ1) is 24.5. The Morgan fingerprint density at radius 3 is 2.51 bits per heavy atom. The minimum Gasteiger partial charge on any atom is -0.382 e. The fourth-order valence-corrected chi connectivity index (χ4v) is 4.65. The fourth-order valence-electron chi connectivity index (χ4n) is 4.52. The van der Waals surface area contributed by atoms with Crippen LogP contribution in [-0.2, 0) is 0 Å². The van der Waals surface area contributed by atoms with Crippen molar-refractivity contribution in [1.82, 2.24) is 30.7 Å². The SMILES string of the molecule is Cc1ccc(-c2noc(C)c2C(=O)N2CCC3(CC2)CN=C(NC(=O)c2nc(Cl)c(N)nc2N)N3)cc1. The van der Waals surface area contributed by atoms with Crippen LogP contribution in [0.25, 0.3) is 11.3 Å². The molecular weight excluding hydrogens is 498 g/mol. The number of rotatable bonds is 3. The van der Waals surface area contributed by atoms with Gasteiger partial charge >= 0.3 is 0 Å². The highest BCUT2D eigenvalue weighted by Crippen LogP contribution is 2.31.